The number of para-hydroxylation sites is 1. The average Bonchev–Trinajstić information content (AvgIpc) is 2.67. The third-order valence-electron chi connectivity index (χ3n) is 2.81. The second-order valence-electron chi connectivity index (χ2n) is 3.72. The maximum Gasteiger partial charge on any atom is 0.219 e. The normalized spacial score (nSPS) is 14.1. The molecule has 0 spiro atoms. The van der Waals surface area contributed by atoms with Crippen LogP contribution in [0.2, 0.25) is 0 Å². The predicted molar refractivity (Wildman–Crippen MR) is 65.0 cm³/mol. The van der Waals surface area contributed by atoms with Gasteiger partial charge in [0.15, 0.2) is 0 Å². The van der Waals surface area contributed by atoms with Crippen molar-refractivity contribution in [1.82, 2.24) is 4.98 Å². The van der Waals surface area contributed by atoms with Gasteiger partial charge in [0.05, 0.1) is 10.6 Å². The van der Waals surface area contributed by atoms with E-state index in [0.717, 1.165) is 22.2 Å². The van der Waals surface area contributed by atoms with Crippen molar-refractivity contribution in [2.45, 2.75) is 6.42 Å². The Kier molecular flexibility index (Phi) is 1.97. The van der Waals surface area contributed by atoms with Gasteiger partial charge in [0.1, 0.15) is 0 Å². The van der Waals surface area contributed by atoms with E-state index in [0.29, 0.717) is 11.3 Å². The minimum absolute atomic E-state index is 0.439. The molecule has 0 atom stereocenters. The summed E-state index contributed by atoms with van der Waals surface area (Å²) in [7, 11) is -2.16. The molecule has 4 heteroatoms. The smallest absolute Gasteiger partial charge is 0.219 e. The molecule has 2 aromatic rings. The Bertz CT molecular complexity index is 727. The van der Waals surface area contributed by atoms with Crippen LogP contribution in [0.1, 0.15) is 17.7 Å². The van der Waals surface area contributed by atoms with Gasteiger partial charge in [0.2, 0.25) is 10.3 Å². The van der Waals surface area contributed by atoms with Crippen molar-refractivity contribution < 1.29 is 8.42 Å². The van der Waals surface area contributed by atoms with E-state index in [1.54, 1.807) is 0 Å². The summed E-state index contributed by atoms with van der Waals surface area (Å²) >= 11 is 0. The standard InChI is InChI=1S/C12H9NO2S/c14-16(15)11-7-3-5-9-8-4-1-2-6-10(8)13-12(9)11/h1-6,13H,7H2. The first kappa shape index (κ1) is 9.42. The number of aromatic nitrogens is 1. The lowest BCUT2D eigenvalue weighted by Crippen LogP contribution is -2.06. The van der Waals surface area contributed by atoms with Gasteiger partial charge < -0.3 is 4.98 Å². The number of benzene rings is 1. The number of aromatic amines is 1. The zero-order valence-electron chi connectivity index (χ0n) is 8.40. The molecule has 0 bridgehead atoms. The van der Waals surface area contributed by atoms with Gasteiger partial charge in [-0.25, -0.2) is 0 Å². The summed E-state index contributed by atoms with van der Waals surface area (Å²) in [6, 6.07) is 7.83. The zero-order valence-corrected chi connectivity index (χ0v) is 9.21. The first-order chi connectivity index (χ1) is 7.77. The molecule has 1 aromatic carbocycles. The molecule has 1 aliphatic carbocycles. The lowest BCUT2D eigenvalue weighted by atomic mass is 10.0. The van der Waals surface area contributed by atoms with E-state index < -0.39 is 10.3 Å². The Morgan fingerprint density at radius 3 is 2.81 bits per heavy atom. The third kappa shape index (κ3) is 1.23. The predicted octanol–water partition coefficient (Wildman–Crippen LogP) is 1.98. The van der Waals surface area contributed by atoms with E-state index in [1.807, 2.05) is 36.4 Å². The van der Waals surface area contributed by atoms with Crippen molar-refractivity contribution >= 4 is 32.1 Å². The Morgan fingerprint density at radius 1 is 1.19 bits per heavy atom. The van der Waals surface area contributed by atoms with Gasteiger partial charge in [-0.1, -0.05) is 30.4 Å². The van der Waals surface area contributed by atoms with Gasteiger partial charge in [-0.15, -0.1) is 0 Å². The fourth-order valence-corrected chi connectivity index (χ4v) is 2.65. The largest absolute Gasteiger partial charge is 0.353 e. The highest BCUT2D eigenvalue weighted by Gasteiger charge is 2.17. The second-order valence-corrected chi connectivity index (χ2v) is 4.69. The van der Waals surface area contributed by atoms with Crippen LogP contribution in [0.15, 0.2) is 30.3 Å². The molecule has 1 aliphatic rings. The van der Waals surface area contributed by atoms with E-state index in [9.17, 15) is 8.42 Å². The van der Waals surface area contributed by atoms with Gasteiger partial charge in [-0.2, -0.15) is 8.42 Å². The first-order valence-electron chi connectivity index (χ1n) is 5.00. The minimum atomic E-state index is -2.16. The van der Waals surface area contributed by atoms with Crippen molar-refractivity contribution in [3.05, 3.63) is 41.6 Å². The Hall–Kier alpha value is -1.81. The molecular weight excluding hydrogens is 222 g/mol. The summed E-state index contributed by atoms with van der Waals surface area (Å²) in [6.45, 7) is 0. The van der Waals surface area contributed by atoms with Crippen LogP contribution in [-0.2, 0) is 10.3 Å². The molecule has 1 N–H and O–H groups in total. The number of allylic oxidation sites excluding steroid dienone is 1. The zero-order chi connectivity index (χ0) is 11.1. The van der Waals surface area contributed by atoms with Crippen LogP contribution in [-0.4, -0.2) is 18.3 Å². The number of nitrogens with one attached hydrogen (secondary N) is 1. The van der Waals surface area contributed by atoms with Crippen LogP contribution in [0.4, 0.5) is 0 Å². The molecular formula is C12H9NO2S. The van der Waals surface area contributed by atoms with Gasteiger partial charge in [-0.05, 0) is 6.07 Å². The van der Waals surface area contributed by atoms with Crippen LogP contribution >= 0.6 is 0 Å². The minimum Gasteiger partial charge on any atom is -0.353 e. The summed E-state index contributed by atoms with van der Waals surface area (Å²) in [5.41, 5.74) is 2.68. The SMILES string of the molecule is O=S(=O)=C1CC=Cc2c1[nH]c1ccccc21. The quantitative estimate of drug-likeness (QED) is 0.705. The Labute approximate surface area is 93.9 Å². The summed E-state index contributed by atoms with van der Waals surface area (Å²) in [5, 5.41) is 1.07. The van der Waals surface area contributed by atoms with Crippen molar-refractivity contribution in [2.24, 2.45) is 0 Å². The molecule has 1 aromatic heterocycles. The topological polar surface area (TPSA) is 49.9 Å². The summed E-state index contributed by atoms with van der Waals surface area (Å²) in [6.07, 6.45) is 4.33. The highest BCUT2D eigenvalue weighted by Crippen LogP contribution is 2.27. The van der Waals surface area contributed by atoms with E-state index in [1.165, 1.54) is 0 Å². The molecule has 0 fully saturated rings. The third-order valence-corrected chi connectivity index (χ3v) is 3.59. The van der Waals surface area contributed by atoms with Crippen LogP contribution < -0.4 is 0 Å². The van der Waals surface area contributed by atoms with Gasteiger partial charge in [-0.3, -0.25) is 0 Å². The fourth-order valence-electron chi connectivity index (χ4n) is 2.09. The maximum absolute atomic E-state index is 11.1. The summed E-state index contributed by atoms with van der Waals surface area (Å²) < 4.78 is 22.2. The number of fused-ring (bicyclic) bond motifs is 3. The van der Waals surface area contributed by atoms with Crippen molar-refractivity contribution in [2.75, 3.05) is 0 Å². The van der Waals surface area contributed by atoms with E-state index in [4.69, 9.17) is 0 Å². The van der Waals surface area contributed by atoms with Crippen molar-refractivity contribution in [3.63, 3.8) is 0 Å². The van der Waals surface area contributed by atoms with Crippen LogP contribution in [0.25, 0.3) is 17.0 Å². The average molecular weight is 231 g/mol. The summed E-state index contributed by atoms with van der Waals surface area (Å²) in [5.74, 6) is 0. The number of hydrogen-bond donors (Lipinski definition) is 1. The highest BCUT2D eigenvalue weighted by atomic mass is 32.2. The Balaban J connectivity index is 2.48. The van der Waals surface area contributed by atoms with Crippen LogP contribution in [0, 0.1) is 0 Å². The lowest BCUT2D eigenvalue weighted by molar-refractivity contribution is 0.627. The number of H-pyrrole nitrogens is 1. The van der Waals surface area contributed by atoms with Crippen LogP contribution in [0.3, 0.4) is 0 Å². The van der Waals surface area contributed by atoms with Gasteiger partial charge in [0, 0.05) is 22.9 Å². The summed E-state index contributed by atoms with van der Waals surface area (Å²) in [4.78, 5) is 3.60. The lowest BCUT2D eigenvalue weighted by Gasteiger charge is -2.04. The van der Waals surface area contributed by atoms with Crippen LogP contribution in [0.5, 0.6) is 0 Å². The molecule has 80 valence electrons. The van der Waals surface area contributed by atoms with Crippen molar-refractivity contribution in [3.8, 4) is 0 Å². The Morgan fingerprint density at radius 2 is 2.00 bits per heavy atom. The fraction of sp³-hybridized carbons (Fsp3) is 0.0833. The molecule has 0 unspecified atom stereocenters. The van der Waals surface area contributed by atoms with E-state index in [2.05, 4.69) is 4.98 Å². The molecule has 3 rings (SSSR count). The van der Waals surface area contributed by atoms with Gasteiger partial charge >= 0.3 is 0 Å². The molecule has 0 saturated heterocycles. The number of rotatable bonds is 0. The molecule has 0 amide bonds. The molecule has 3 nitrogen and oxygen atoms in total. The highest BCUT2D eigenvalue weighted by molar-refractivity contribution is 7.73. The van der Waals surface area contributed by atoms with E-state index >= 15 is 0 Å². The maximum atomic E-state index is 11.1. The van der Waals surface area contributed by atoms with E-state index in [-0.39, 0.29) is 0 Å². The molecule has 1 heterocycles. The van der Waals surface area contributed by atoms with Crippen molar-refractivity contribution in [1.29, 1.82) is 0 Å². The van der Waals surface area contributed by atoms with Gasteiger partial charge in [0.25, 0.3) is 0 Å². The number of hydrogen-bond acceptors (Lipinski definition) is 2. The first-order valence-corrected chi connectivity index (χ1v) is 6.07. The second kappa shape index (κ2) is 3.35. The monoisotopic (exact) mass is 231 g/mol. The molecule has 0 aliphatic heterocycles. The molecule has 16 heavy (non-hydrogen) atoms. The molecule has 0 radical (unpaired) electrons. The molecule has 0 saturated carbocycles.